The number of hydrogen-bond donors (Lipinski definition) is 1. The number of rotatable bonds is 5. The zero-order chi connectivity index (χ0) is 18.5. The summed E-state index contributed by atoms with van der Waals surface area (Å²) in [4.78, 5) is 28.7. The Morgan fingerprint density at radius 3 is 2.96 bits per heavy atom. The number of pyridine rings is 2. The van der Waals surface area contributed by atoms with Crippen molar-refractivity contribution in [2.24, 2.45) is 0 Å². The maximum Gasteiger partial charge on any atom is 0.251 e. The SMILES string of the molecule is CCn1ccc(C(=O)N[C@H]2COCC[C@H]2Oc2ccc(C)nc2)cc1=O. The minimum absolute atomic E-state index is 0.196. The van der Waals surface area contributed by atoms with Crippen molar-refractivity contribution >= 4 is 5.91 Å². The summed E-state index contributed by atoms with van der Waals surface area (Å²) in [7, 11) is 0. The smallest absolute Gasteiger partial charge is 0.251 e. The quantitative estimate of drug-likeness (QED) is 0.878. The first-order valence-corrected chi connectivity index (χ1v) is 8.75. The van der Waals surface area contributed by atoms with E-state index in [4.69, 9.17) is 9.47 Å². The average Bonchev–Trinajstić information content (AvgIpc) is 2.65. The molecule has 1 saturated heterocycles. The van der Waals surface area contributed by atoms with Crippen molar-refractivity contribution in [2.45, 2.75) is 39.0 Å². The van der Waals surface area contributed by atoms with Gasteiger partial charge < -0.3 is 19.4 Å². The van der Waals surface area contributed by atoms with Crippen LogP contribution in [-0.4, -0.2) is 40.8 Å². The van der Waals surface area contributed by atoms with E-state index in [0.29, 0.717) is 37.5 Å². The summed E-state index contributed by atoms with van der Waals surface area (Å²) in [6, 6.07) is 6.43. The Balaban J connectivity index is 1.69. The number of aromatic nitrogens is 2. The summed E-state index contributed by atoms with van der Waals surface area (Å²) in [6.45, 7) is 5.29. The van der Waals surface area contributed by atoms with E-state index >= 15 is 0 Å². The van der Waals surface area contributed by atoms with Crippen molar-refractivity contribution < 1.29 is 14.3 Å². The van der Waals surface area contributed by atoms with Crippen molar-refractivity contribution in [1.82, 2.24) is 14.9 Å². The van der Waals surface area contributed by atoms with E-state index in [1.165, 1.54) is 10.6 Å². The number of nitrogens with one attached hydrogen (secondary N) is 1. The maximum absolute atomic E-state index is 12.5. The molecule has 0 saturated carbocycles. The van der Waals surface area contributed by atoms with Crippen molar-refractivity contribution in [3.63, 3.8) is 0 Å². The fourth-order valence-electron chi connectivity index (χ4n) is 2.85. The molecule has 1 aliphatic heterocycles. The molecule has 0 bridgehead atoms. The number of amides is 1. The Kier molecular flexibility index (Phi) is 5.68. The van der Waals surface area contributed by atoms with Crippen LogP contribution in [0.1, 0.15) is 29.4 Å². The van der Waals surface area contributed by atoms with Crippen molar-refractivity contribution in [2.75, 3.05) is 13.2 Å². The van der Waals surface area contributed by atoms with E-state index < -0.39 is 0 Å². The molecule has 138 valence electrons. The van der Waals surface area contributed by atoms with Gasteiger partial charge in [-0.2, -0.15) is 0 Å². The van der Waals surface area contributed by atoms with Gasteiger partial charge in [0.25, 0.3) is 11.5 Å². The van der Waals surface area contributed by atoms with Gasteiger partial charge >= 0.3 is 0 Å². The molecule has 0 unspecified atom stereocenters. The Morgan fingerprint density at radius 2 is 2.27 bits per heavy atom. The molecule has 2 atom stereocenters. The third kappa shape index (κ3) is 4.29. The van der Waals surface area contributed by atoms with Gasteiger partial charge in [-0.25, -0.2) is 0 Å². The lowest BCUT2D eigenvalue weighted by molar-refractivity contribution is -0.00301. The molecule has 1 N–H and O–H groups in total. The van der Waals surface area contributed by atoms with Crippen LogP contribution in [0, 0.1) is 6.92 Å². The molecule has 1 amide bonds. The van der Waals surface area contributed by atoms with Crippen LogP contribution in [0.5, 0.6) is 5.75 Å². The van der Waals surface area contributed by atoms with E-state index in [9.17, 15) is 9.59 Å². The molecule has 0 aliphatic carbocycles. The molecule has 1 aliphatic rings. The molecule has 26 heavy (non-hydrogen) atoms. The topological polar surface area (TPSA) is 82.5 Å². The molecule has 7 nitrogen and oxygen atoms in total. The predicted octanol–water partition coefficient (Wildman–Crippen LogP) is 1.54. The highest BCUT2D eigenvalue weighted by atomic mass is 16.5. The summed E-state index contributed by atoms with van der Waals surface area (Å²) in [5.41, 5.74) is 1.05. The highest BCUT2D eigenvalue weighted by Gasteiger charge is 2.29. The molecular formula is C19H23N3O4. The monoisotopic (exact) mass is 357 g/mol. The van der Waals surface area contributed by atoms with Crippen LogP contribution in [0.25, 0.3) is 0 Å². The molecule has 2 aromatic heterocycles. The molecule has 1 fully saturated rings. The lowest BCUT2D eigenvalue weighted by atomic mass is 10.1. The summed E-state index contributed by atoms with van der Waals surface area (Å²) >= 11 is 0. The van der Waals surface area contributed by atoms with E-state index in [1.807, 2.05) is 26.0 Å². The fourth-order valence-corrected chi connectivity index (χ4v) is 2.85. The van der Waals surface area contributed by atoms with Crippen molar-refractivity contribution in [1.29, 1.82) is 0 Å². The van der Waals surface area contributed by atoms with Gasteiger partial charge in [-0.05, 0) is 32.0 Å². The highest BCUT2D eigenvalue weighted by Crippen LogP contribution is 2.18. The van der Waals surface area contributed by atoms with E-state index in [1.54, 1.807) is 18.5 Å². The molecular weight excluding hydrogens is 334 g/mol. The van der Waals surface area contributed by atoms with Crippen LogP contribution >= 0.6 is 0 Å². The van der Waals surface area contributed by atoms with Gasteiger partial charge in [0.05, 0.1) is 25.5 Å². The Bertz CT molecular complexity index is 816. The zero-order valence-electron chi connectivity index (χ0n) is 15.0. The first-order valence-electron chi connectivity index (χ1n) is 8.75. The van der Waals surface area contributed by atoms with Crippen LogP contribution in [0.4, 0.5) is 0 Å². The highest BCUT2D eigenvalue weighted by molar-refractivity contribution is 5.94. The van der Waals surface area contributed by atoms with Crippen LogP contribution in [0.3, 0.4) is 0 Å². The minimum atomic E-state index is -0.309. The lowest BCUT2D eigenvalue weighted by Crippen LogP contribution is -2.52. The lowest BCUT2D eigenvalue weighted by Gasteiger charge is -2.32. The van der Waals surface area contributed by atoms with Crippen LogP contribution in [0.15, 0.2) is 41.5 Å². The summed E-state index contributed by atoms with van der Waals surface area (Å²) in [5.74, 6) is 0.351. The summed E-state index contributed by atoms with van der Waals surface area (Å²) in [5, 5.41) is 2.92. The van der Waals surface area contributed by atoms with Crippen LogP contribution in [-0.2, 0) is 11.3 Å². The second-order valence-corrected chi connectivity index (χ2v) is 6.27. The third-order valence-electron chi connectivity index (χ3n) is 4.38. The Labute approximate surface area is 152 Å². The van der Waals surface area contributed by atoms with Gasteiger partial charge in [0, 0.05) is 36.5 Å². The van der Waals surface area contributed by atoms with E-state index in [0.717, 1.165) is 5.69 Å². The summed E-state index contributed by atoms with van der Waals surface area (Å²) in [6.07, 6.45) is 3.75. The second kappa shape index (κ2) is 8.14. The van der Waals surface area contributed by atoms with Gasteiger partial charge in [-0.1, -0.05) is 0 Å². The summed E-state index contributed by atoms with van der Waals surface area (Å²) < 4.78 is 13.0. The zero-order valence-corrected chi connectivity index (χ0v) is 15.0. The van der Waals surface area contributed by atoms with Gasteiger partial charge in [0.1, 0.15) is 11.9 Å². The van der Waals surface area contributed by atoms with Gasteiger partial charge in [-0.15, -0.1) is 0 Å². The maximum atomic E-state index is 12.5. The molecule has 0 radical (unpaired) electrons. The molecule has 0 aromatic carbocycles. The number of carbonyl (C=O) groups is 1. The second-order valence-electron chi connectivity index (χ2n) is 6.27. The largest absolute Gasteiger partial charge is 0.486 e. The number of hydrogen-bond acceptors (Lipinski definition) is 5. The van der Waals surface area contributed by atoms with E-state index in [2.05, 4.69) is 10.3 Å². The normalized spacial score (nSPS) is 19.8. The predicted molar refractivity (Wildman–Crippen MR) is 96.5 cm³/mol. The van der Waals surface area contributed by atoms with Crippen LogP contribution in [0.2, 0.25) is 0 Å². The number of nitrogens with zero attached hydrogens (tertiary/aromatic N) is 2. The first-order chi connectivity index (χ1) is 12.6. The number of carbonyl (C=O) groups excluding carboxylic acids is 1. The van der Waals surface area contributed by atoms with E-state index in [-0.39, 0.29) is 23.6 Å². The van der Waals surface area contributed by atoms with Gasteiger partial charge in [0.2, 0.25) is 0 Å². The molecule has 3 rings (SSSR count). The van der Waals surface area contributed by atoms with Gasteiger partial charge in [0.15, 0.2) is 0 Å². The molecule has 3 heterocycles. The standard InChI is InChI=1S/C19H23N3O4/c1-3-22-8-6-14(10-18(22)23)19(24)21-16-12-25-9-7-17(16)26-15-5-4-13(2)20-11-15/h4-6,8,10-11,16-17H,3,7,9,12H2,1-2H3,(H,21,24)/t16-,17+/m0/s1. The minimum Gasteiger partial charge on any atom is -0.486 e. The molecule has 7 heteroatoms. The van der Waals surface area contributed by atoms with Crippen molar-refractivity contribution in [3.8, 4) is 5.75 Å². The number of ether oxygens (including phenoxy) is 2. The number of aryl methyl sites for hydroxylation is 2. The first kappa shape index (κ1) is 18.1. The van der Waals surface area contributed by atoms with Crippen molar-refractivity contribution in [3.05, 3.63) is 58.3 Å². The third-order valence-corrected chi connectivity index (χ3v) is 4.38. The molecule has 0 spiro atoms. The average molecular weight is 357 g/mol. The van der Waals surface area contributed by atoms with Gasteiger partial charge in [-0.3, -0.25) is 14.6 Å². The van der Waals surface area contributed by atoms with Crippen LogP contribution < -0.4 is 15.6 Å². The molecule has 2 aromatic rings. The Hall–Kier alpha value is -2.67. The fraction of sp³-hybridized carbons (Fsp3) is 0.421. The Morgan fingerprint density at radius 1 is 1.42 bits per heavy atom.